The van der Waals surface area contributed by atoms with E-state index in [1.54, 1.807) is 24.3 Å². The van der Waals surface area contributed by atoms with Gasteiger partial charge in [0.15, 0.2) is 0 Å². The Bertz CT molecular complexity index is 1440. The van der Waals surface area contributed by atoms with E-state index in [0.717, 1.165) is 22.2 Å². The average Bonchev–Trinajstić information content (AvgIpc) is 3.28. The molecule has 8 heteroatoms. The molecular weight excluding hydrogens is 458 g/mol. The number of rotatable bonds is 6. The number of hydrogen-bond acceptors (Lipinski definition) is 6. The van der Waals surface area contributed by atoms with Gasteiger partial charge < -0.3 is 25.4 Å². The van der Waals surface area contributed by atoms with Crippen LogP contribution in [0.2, 0.25) is 0 Å². The van der Waals surface area contributed by atoms with Crippen molar-refractivity contribution in [2.75, 3.05) is 5.32 Å². The van der Waals surface area contributed by atoms with Crippen LogP contribution < -0.4 is 10.1 Å². The van der Waals surface area contributed by atoms with Crippen molar-refractivity contribution in [1.29, 1.82) is 0 Å². The Morgan fingerprint density at radius 2 is 1.78 bits per heavy atom. The molecule has 8 nitrogen and oxygen atoms in total. The lowest BCUT2D eigenvalue weighted by atomic mass is 9.92. The maximum atomic E-state index is 12.6. The normalized spacial score (nSPS) is 19.9. The number of nitrogens with one attached hydrogen (secondary N) is 2. The first-order valence-corrected chi connectivity index (χ1v) is 11.5. The van der Waals surface area contributed by atoms with Crippen LogP contribution in [0.5, 0.6) is 11.5 Å². The molecule has 0 unspecified atom stereocenters. The SMILES string of the molecule is O=C(Nc1cccc(Oc2ccc3c(/C=C/c4ccccc4)n[nH]c3c2)c1)C1=C[C@@H](O)[C@@H](O)[C@H](O)C1. The van der Waals surface area contributed by atoms with Crippen molar-refractivity contribution in [3.8, 4) is 11.5 Å². The van der Waals surface area contributed by atoms with Gasteiger partial charge in [-0.05, 0) is 42.0 Å². The second-order valence-electron chi connectivity index (χ2n) is 8.59. The van der Waals surface area contributed by atoms with E-state index in [1.807, 2.05) is 60.7 Å². The van der Waals surface area contributed by atoms with E-state index in [-0.39, 0.29) is 12.0 Å². The molecule has 1 heterocycles. The third-order valence-corrected chi connectivity index (χ3v) is 5.96. The van der Waals surface area contributed by atoms with E-state index in [0.29, 0.717) is 17.2 Å². The van der Waals surface area contributed by atoms with Crippen molar-refractivity contribution in [1.82, 2.24) is 10.2 Å². The van der Waals surface area contributed by atoms with Crippen molar-refractivity contribution in [2.24, 2.45) is 0 Å². The molecule has 1 aliphatic rings. The van der Waals surface area contributed by atoms with Crippen LogP contribution in [0.1, 0.15) is 17.7 Å². The number of aliphatic hydroxyl groups is 3. The summed E-state index contributed by atoms with van der Waals surface area (Å²) in [6, 6.07) is 22.5. The second-order valence-corrected chi connectivity index (χ2v) is 8.59. The summed E-state index contributed by atoms with van der Waals surface area (Å²) in [6.07, 6.45) is 1.38. The minimum atomic E-state index is -1.30. The molecule has 3 aromatic carbocycles. The molecule has 0 saturated heterocycles. The molecule has 0 spiro atoms. The van der Waals surface area contributed by atoms with E-state index in [1.165, 1.54) is 6.08 Å². The molecule has 0 aliphatic heterocycles. The first kappa shape index (κ1) is 23.5. The molecule has 0 saturated carbocycles. The highest BCUT2D eigenvalue weighted by Crippen LogP contribution is 2.29. The van der Waals surface area contributed by atoms with Gasteiger partial charge in [-0.15, -0.1) is 0 Å². The number of hydrogen-bond donors (Lipinski definition) is 5. The van der Waals surface area contributed by atoms with Crippen LogP contribution in [0.3, 0.4) is 0 Å². The number of carbonyl (C=O) groups is 1. The lowest BCUT2D eigenvalue weighted by Gasteiger charge is -2.27. The predicted molar refractivity (Wildman–Crippen MR) is 137 cm³/mol. The van der Waals surface area contributed by atoms with Gasteiger partial charge >= 0.3 is 0 Å². The maximum absolute atomic E-state index is 12.6. The molecule has 182 valence electrons. The van der Waals surface area contributed by atoms with Gasteiger partial charge in [0, 0.05) is 35.2 Å². The highest BCUT2D eigenvalue weighted by atomic mass is 16.5. The fraction of sp³-hybridized carbons (Fsp3) is 0.143. The Balaban J connectivity index is 1.28. The summed E-state index contributed by atoms with van der Waals surface area (Å²) in [5.74, 6) is 0.652. The predicted octanol–water partition coefficient (Wildman–Crippen LogP) is 3.88. The lowest BCUT2D eigenvalue weighted by molar-refractivity contribution is -0.114. The number of fused-ring (bicyclic) bond motifs is 1. The minimum absolute atomic E-state index is 0.0486. The zero-order valence-electron chi connectivity index (χ0n) is 19.2. The summed E-state index contributed by atoms with van der Waals surface area (Å²) in [7, 11) is 0. The summed E-state index contributed by atoms with van der Waals surface area (Å²) in [5.41, 5.74) is 3.43. The molecular formula is C28H25N3O5. The van der Waals surface area contributed by atoms with E-state index >= 15 is 0 Å². The summed E-state index contributed by atoms with van der Waals surface area (Å²) < 4.78 is 6.00. The topological polar surface area (TPSA) is 128 Å². The monoisotopic (exact) mass is 483 g/mol. The van der Waals surface area contributed by atoms with Crippen molar-refractivity contribution in [3.63, 3.8) is 0 Å². The molecule has 36 heavy (non-hydrogen) atoms. The van der Waals surface area contributed by atoms with Crippen LogP contribution in [0.4, 0.5) is 5.69 Å². The largest absolute Gasteiger partial charge is 0.457 e. The quantitative estimate of drug-likeness (QED) is 0.283. The van der Waals surface area contributed by atoms with Gasteiger partial charge in [0.25, 0.3) is 5.91 Å². The van der Waals surface area contributed by atoms with Crippen molar-refractivity contribution in [3.05, 3.63) is 95.7 Å². The van der Waals surface area contributed by atoms with Gasteiger partial charge in [0.1, 0.15) is 23.7 Å². The number of benzene rings is 3. The molecule has 5 N–H and O–H groups in total. The number of anilines is 1. The van der Waals surface area contributed by atoms with Gasteiger partial charge in [-0.1, -0.05) is 42.5 Å². The first-order valence-electron chi connectivity index (χ1n) is 11.5. The smallest absolute Gasteiger partial charge is 0.251 e. The van der Waals surface area contributed by atoms with Gasteiger partial charge in [-0.2, -0.15) is 5.10 Å². The second kappa shape index (κ2) is 10.2. The molecule has 0 radical (unpaired) electrons. The Morgan fingerprint density at radius 3 is 2.58 bits per heavy atom. The molecule has 0 fully saturated rings. The summed E-state index contributed by atoms with van der Waals surface area (Å²) in [4.78, 5) is 12.6. The van der Waals surface area contributed by atoms with E-state index < -0.39 is 24.2 Å². The number of ether oxygens (including phenoxy) is 1. The summed E-state index contributed by atoms with van der Waals surface area (Å²) in [6.45, 7) is 0. The standard InChI is InChI=1S/C28H25N3O5/c32-25-13-18(14-26(33)27(25)34)28(35)29-19-7-4-8-20(15-19)36-21-10-11-22-23(30-31-24(22)16-21)12-9-17-5-2-1-3-6-17/h1-13,15-16,25-27,32-34H,14H2,(H,29,35)(H,30,31)/b12-9+/t25-,26-,27-/m1/s1. The summed E-state index contributed by atoms with van der Waals surface area (Å²) in [5, 5.41) is 40.4. The van der Waals surface area contributed by atoms with Crippen molar-refractivity contribution in [2.45, 2.75) is 24.7 Å². The fourth-order valence-electron chi connectivity index (χ4n) is 4.05. The average molecular weight is 484 g/mol. The van der Waals surface area contributed by atoms with Gasteiger partial charge in [0.2, 0.25) is 0 Å². The van der Waals surface area contributed by atoms with E-state index in [2.05, 4.69) is 15.5 Å². The minimum Gasteiger partial charge on any atom is -0.457 e. The molecule has 1 aliphatic carbocycles. The van der Waals surface area contributed by atoms with Crippen LogP contribution in [0, 0.1) is 0 Å². The van der Waals surface area contributed by atoms with Gasteiger partial charge in [0.05, 0.1) is 17.3 Å². The van der Waals surface area contributed by atoms with E-state index in [4.69, 9.17) is 4.74 Å². The number of aliphatic hydroxyl groups excluding tert-OH is 3. The Labute approximate surface area is 207 Å². The van der Waals surface area contributed by atoms with Crippen molar-refractivity contribution >= 4 is 34.6 Å². The number of H-pyrrole nitrogens is 1. The molecule has 0 bridgehead atoms. The Morgan fingerprint density at radius 1 is 0.972 bits per heavy atom. The summed E-state index contributed by atoms with van der Waals surface area (Å²) >= 11 is 0. The number of amides is 1. The van der Waals surface area contributed by atoms with Gasteiger partial charge in [-0.3, -0.25) is 9.89 Å². The van der Waals surface area contributed by atoms with Crippen LogP contribution in [0.15, 0.2) is 84.4 Å². The van der Waals surface area contributed by atoms with Crippen molar-refractivity contribution < 1.29 is 24.9 Å². The van der Waals surface area contributed by atoms with Crippen LogP contribution in [0.25, 0.3) is 23.1 Å². The maximum Gasteiger partial charge on any atom is 0.251 e. The fourth-order valence-corrected chi connectivity index (χ4v) is 4.05. The Kier molecular flexibility index (Phi) is 6.64. The van der Waals surface area contributed by atoms with Crippen LogP contribution >= 0.6 is 0 Å². The number of aromatic nitrogens is 2. The number of aromatic amines is 1. The highest BCUT2D eigenvalue weighted by molar-refractivity contribution is 6.04. The molecule has 1 aromatic heterocycles. The highest BCUT2D eigenvalue weighted by Gasteiger charge is 2.31. The van der Waals surface area contributed by atoms with Crippen LogP contribution in [-0.2, 0) is 4.79 Å². The lowest BCUT2D eigenvalue weighted by Crippen LogP contribution is -2.41. The zero-order chi connectivity index (χ0) is 25.1. The molecule has 1 amide bonds. The third-order valence-electron chi connectivity index (χ3n) is 5.96. The first-order chi connectivity index (χ1) is 17.5. The molecule has 5 rings (SSSR count). The zero-order valence-corrected chi connectivity index (χ0v) is 19.2. The molecule has 3 atom stereocenters. The number of carbonyl (C=O) groups excluding carboxylic acids is 1. The Hall–Kier alpha value is -4.24. The third kappa shape index (κ3) is 5.21. The molecule has 4 aromatic rings. The number of nitrogens with zero attached hydrogens (tertiary/aromatic N) is 1. The van der Waals surface area contributed by atoms with Gasteiger partial charge in [-0.25, -0.2) is 0 Å². The van der Waals surface area contributed by atoms with E-state index in [9.17, 15) is 20.1 Å². The van der Waals surface area contributed by atoms with Crippen LogP contribution in [-0.4, -0.2) is 49.7 Å².